The van der Waals surface area contributed by atoms with E-state index in [4.69, 9.17) is 4.52 Å². The predicted octanol–water partition coefficient (Wildman–Crippen LogP) is 2.11. The van der Waals surface area contributed by atoms with Gasteiger partial charge in [-0.2, -0.15) is 4.98 Å². The van der Waals surface area contributed by atoms with Crippen LogP contribution >= 0.6 is 0 Å². The van der Waals surface area contributed by atoms with Crippen LogP contribution in [0.4, 0.5) is 5.69 Å². The van der Waals surface area contributed by atoms with E-state index in [1.54, 1.807) is 12.1 Å². The summed E-state index contributed by atoms with van der Waals surface area (Å²) in [7, 11) is -0.444. The molecule has 0 atom stereocenters. The highest BCUT2D eigenvalue weighted by Gasteiger charge is 2.19. The van der Waals surface area contributed by atoms with E-state index in [1.165, 1.54) is 18.4 Å². The Bertz CT molecular complexity index is 797. The highest BCUT2D eigenvalue weighted by Crippen LogP contribution is 2.25. The summed E-state index contributed by atoms with van der Waals surface area (Å²) in [5.74, 6) is 1.12. The lowest BCUT2D eigenvalue weighted by molar-refractivity contribution is 0.377. The Kier molecular flexibility index (Phi) is 5.06. The van der Waals surface area contributed by atoms with Gasteiger partial charge in [0.25, 0.3) is 0 Å². The zero-order valence-corrected chi connectivity index (χ0v) is 14.9. The van der Waals surface area contributed by atoms with Crippen LogP contribution in [-0.4, -0.2) is 37.0 Å². The van der Waals surface area contributed by atoms with Crippen molar-refractivity contribution in [2.24, 2.45) is 0 Å². The zero-order chi connectivity index (χ0) is 17.2. The first-order valence-corrected chi connectivity index (χ1v) is 8.78. The van der Waals surface area contributed by atoms with E-state index in [0.29, 0.717) is 24.7 Å². The summed E-state index contributed by atoms with van der Waals surface area (Å²) in [6.45, 7) is 6.14. The minimum absolute atomic E-state index is 0.260. The quantitative estimate of drug-likeness (QED) is 0.868. The van der Waals surface area contributed by atoms with E-state index in [-0.39, 0.29) is 4.90 Å². The second-order valence-electron chi connectivity index (χ2n) is 5.51. The average Bonchev–Trinajstić information content (AvgIpc) is 2.96. The van der Waals surface area contributed by atoms with Gasteiger partial charge in [-0.25, -0.2) is 12.7 Å². The van der Waals surface area contributed by atoms with E-state index in [1.807, 2.05) is 20.8 Å². The fourth-order valence-electron chi connectivity index (χ4n) is 2.05. The van der Waals surface area contributed by atoms with Crippen molar-refractivity contribution < 1.29 is 12.9 Å². The number of nitrogens with one attached hydrogen (secondary N) is 1. The molecule has 0 amide bonds. The fraction of sp³-hybridized carbons (Fsp3) is 0.467. The Morgan fingerprint density at radius 2 is 1.96 bits per heavy atom. The van der Waals surface area contributed by atoms with Crippen LogP contribution in [0, 0.1) is 13.8 Å². The number of anilines is 1. The molecular weight excluding hydrogens is 316 g/mol. The first kappa shape index (κ1) is 17.4. The summed E-state index contributed by atoms with van der Waals surface area (Å²) in [6.07, 6.45) is 0.682. The molecule has 7 nitrogen and oxygen atoms in total. The lowest BCUT2D eigenvalue weighted by Gasteiger charge is -2.16. The van der Waals surface area contributed by atoms with E-state index >= 15 is 0 Å². The van der Waals surface area contributed by atoms with Gasteiger partial charge in [0.1, 0.15) is 0 Å². The van der Waals surface area contributed by atoms with Crippen LogP contribution in [0.3, 0.4) is 0 Å². The molecule has 0 bridgehead atoms. The second-order valence-corrected chi connectivity index (χ2v) is 7.66. The van der Waals surface area contributed by atoms with Gasteiger partial charge in [0.15, 0.2) is 5.82 Å². The number of hydrogen-bond donors (Lipinski definition) is 1. The number of hydrogen-bond acceptors (Lipinski definition) is 6. The number of nitrogens with zero attached hydrogens (tertiary/aromatic N) is 3. The van der Waals surface area contributed by atoms with Crippen molar-refractivity contribution in [2.75, 3.05) is 19.4 Å². The molecule has 1 aromatic heterocycles. The van der Waals surface area contributed by atoms with Crippen molar-refractivity contribution in [3.05, 3.63) is 35.0 Å². The molecule has 126 valence electrons. The van der Waals surface area contributed by atoms with Crippen molar-refractivity contribution in [1.82, 2.24) is 14.4 Å². The van der Waals surface area contributed by atoms with Crippen LogP contribution in [0.15, 0.2) is 21.6 Å². The Labute approximate surface area is 136 Å². The third kappa shape index (κ3) is 3.70. The summed E-state index contributed by atoms with van der Waals surface area (Å²) >= 11 is 0. The van der Waals surface area contributed by atoms with Crippen LogP contribution < -0.4 is 5.32 Å². The molecular formula is C15H22N4O3S. The largest absolute Gasteiger partial charge is 0.377 e. The van der Waals surface area contributed by atoms with Crippen molar-refractivity contribution in [3.8, 4) is 0 Å². The van der Waals surface area contributed by atoms with Crippen LogP contribution in [0.1, 0.15) is 29.8 Å². The molecule has 0 aliphatic heterocycles. The summed E-state index contributed by atoms with van der Waals surface area (Å²) in [5, 5.41) is 7.07. The lowest BCUT2D eigenvalue weighted by Crippen LogP contribution is -2.22. The van der Waals surface area contributed by atoms with Gasteiger partial charge in [0, 0.05) is 26.2 Å². The third-order valence-corrected chi connectivity index (χ3v) is 5.46. The SMILES string of the molecule is CCc1nc(CNc2cc(S(=O)(=O)N(C)C)cc(C)c2C)no1. The van der Waals surface area contributed by atoms with Gasteiger partial charge < -0.3 is 9.84 Å². The monoisotopic (exact) mass is 338 g/mol. The minimum atomic E-state index is -3.48. The van der Waals surface area contributed by atoms with Crippen LogP contribution in [0.5, 0.6) is 0 Å². The predicted molar refractivity (Wildman–Crippen MR) is 87.8 cm³/mol. The van der Waals surface area contributed by atoms with Gasteiger partial charge in [0.2, 0.25) is 15.9 Å². The van der Waals surface area contributed by atoms with Gasteiger partial charge >= 0.3 is 0 Å². The first-order valence-electron chi connectivity index (χ1n) is 7.34. The molecule has 1 aromatic carbocycles. The number of aromatic nitrogens is 2. The number of rotatable bonds is 6. The fourth-order valence-corrected chi connectivity index (χ4v) is 3.06. The molecule has 23 heavy (non-hydrogen) atoms. The van der Waals surface area contributed by atoms with Gasteiger partial charge in [0.05, 0.1) is 11.4 Å². The molecule has 0 aliphatic carbocycles. The Morgan fingerprint density at radius 1 is 1.26 bits per heavy atom. The van der Waals surface area contributed by atoms with Crippen molar-refractivity contribution in [1.29, 1.82) is 0 Å². The topological polar surface area (TPSA) is 88.3 Å². The number of sulfonamides is 1. The molecule has 1 N–H and O–H groups in total. The Morgan fingerprint density at radius 3 is 2.52 bits per heavy atom. The van der Waals surface area contributed by atoms with Gasteiger partial charge in [-0.1, -0.05) is 12.1 Å². The molecule has 0 fully saturated rings. The normalized spacial score (nSPS) is 11.9. The molecule has 8 heteroatoms. The number of aryl methyl sites for hydroxylation is 2. The maximum absolute atomic E-state index is 12.3. The van der Waals surface area contributed by atoms with Crippen molar-refractivity contribution in [2.45, 2.75) is 38.6 Å². The van der Waals surface area contributed by atoms with Gasteiger partial charge in [-0.05, 0) is 37.1 Å². The second kappa shape index (κ2) is 6.67. The molecule has 2 rings (SSSR count). The Hall–Kier alpha value is -1.93. The third-order valence-electron chi connectivity index (χ3n) is 3.67. The highest BCUT2D eigenvalue weighted by atomic mass is 32.2. The van der Waals surface area contributed by atoms with Gasteiger partial charge in [-0.3, -0.25) is 0 Å². The lowest BCUT2D eigenvalue weighted by atomic mass is 10.1. The molecule has 0 spiro atoms. The van der Waals surface area contributed by atoms with E-state index < -0.39 is 10.0 Å². The summed E-state index contributed by atoms with van der Waals surface area (Å²) in [6, 6.07) is 3.32. The number of benzene rings is 1. The van der Waals surface area contributed by atoms with Crippen molar-refractivity contribution in [3.63, 3.8) is 0 Å². The molecule has 0 unspecified atom stereocenters. The standard InChI is InChI=1S/C15H22N4O3S/c1-6-15-17-14(18-22-15)9-16-13-8-12(7-10(2)11(13)3)23(20,21)19(4)5/h7-8,16H,6,9H2,1-5H3. The molecule has 2 aromatic rings. The smallest absolute Gasteiger partial charge is 0.242 e. The maximum Gasteiger partial charge on any atom is 0.242 e. The summed E-state index contributed by atoms with van der Waals surface area (Å²) < 4.78 is 30.9. The van der Waals surface area contributed by atoms with E-state index in [2.05, 4.69) is 15.5 Å². The van der Waals surface area contributed by atoms with Crippen LogP contribution in [-0.2, 0) is 23.0 Å². The zero-order valence-electron chi connectivity index (χ0n) is 14.0. The minimum Gasteiger partial charge on any atom is -0.377 e. The van der Waals surface area contributed by atoms with Crippen LogP contribution in [0.25, 0.3) is 0 Å². The molecule has 1 heterocycles. The highest BCUT2D eigenvalue weighted by molar-refractivity contribution is 7.89. The van der Waals surface area contributed by atoms with E-state index in [0.717, 1.165) is 16.8 Å². The summed E-state index contributed by atoms with van der Waals surface area (Å²) in [4.78, 5) is 4.49. The molecule has 0 aliphatic rings. The molecule has 0 saturated carbocycles. The van der Waals surface area contributed by atoms with E-state index in [9.17, 15) is 8.42 Å². The average molecular weight is 338 g/mol. The van der Waals surface area contributed by atoms with Crippen molar-refractivity contribution >= 4 is 15.7 Å². The van der Waals surface area contributed by atoms with Crippen LogP contribution in [0.2, 0.25) is 0 Å². The Balaban J connectivity index is 2.29. The molecule has 0 saturated heterocycles. The first-order chi connectivity index (χ1) is 10.8. The van der Waals surface area contributed by atoms with Gasteiger partial charge in [-0.15, -0.1) is 0 Å². The summed E-state index contributed by atoms with van der Waals surface area (Å²) in [5.41, 5.74) is 2.63. The molecule has 0 radical (unpaired) electrons. The maximum atomic E-state index is 12.3.